The van der Waals surface area contributed by atoms with E-state index in [0.717, 1.165) is 5.02 Å². The first kappa shape index (κ1) is 13.1. The van der Waals surface area contributed by atoms with Crippen LogP contribution in [-0.2, 0) is 5.41 Å². The maximum Gasteiger partial charge on any atom is 0.0595 e. The molecule has 0 aliphatic rings. The molecule has 0 aliphatic carbocycles. The monoisotopic (exact) mass is 328 g/mol. The second-order valence-corrected chi connectivity index (χ2v) is 6.85. The lowest BCUT2D eigenvalue weighted by molar-refractivity contribution is 0.522. The molecule has 17 heavy (non-hydrogen) atoms. The van der Waals surface area contributed by atoms with Gasteiger partial charge >= 0.3 is 0 Å². The fraction of sp³-hybridized carbons (Fsp3) is 0.286. The standard InChI is InChI=1S/C14H14BrClS/c1-14(2,10-6-4-3-5-7-10)13(15)12-11(16)8-9-17-12/h3-9,13H,1-2H3. The van der Waals surface area contributed by atoms with Crippen LogP contribution in [0.4, 0.5) is 0 Å². The molecule has 0 saturated carbocycles. The summed E-state index contributed by atoms with van der Waals surface area (Å²) in [4.78, 5) is 1.42. The zero-order valence-electron chi connectivity index (χ0n) is 9.78. The highest BCUT2D eigenvalue weighted by molar-refractivity contribution is 9.09. The van der Waals surface area contributed by atoms with Crippen molar-refractivity contribution >= 4 is 38.9 Å². The van der Waals surface area contributed by atoms with Crippen LogP contribution < -0.4 is 0 Å². The van der Waals surface area contributed by atoms with Gasteiger partial charge in [-0.2, -0.15) is 0 Å². The van der Waals surface area contributed by atoms with Gasteiger partial charge in [-0.25, -0.2) is 0 Å². The van der Waals surface area contributed by atoms with E-state index in [-0.39, 0.29) is 10.2 Å². The van der Waals surface area contributed by atoms with E-state index in [4.69, 9.17) is 11.6 Å². The van der Waals surface area contributed by atoms with Gasteiger partial charge in [0, 0.05) is 10.3 Å². The summed E-state index contributed by atoms with van der Waals surface area (Å²) >= 11 is 11.7. The number of benzene rings is 1. The molecule has 3 heteroatoms. The molecule has 0 radical (unpaired) electrons. The Morgan fingerprint density at radius 3 is 2.35 bits per heavy atom. The second kappa shape index (κ2) is 5.13. The summed E-state index contributed by atoms with van der Waals surface area (Å²) in [6, 6.07) is 12.5. The molecule has 0 amide bonds. The van der Waals surface area contributed by atoms with Crippen LogP contribution in [0.3, 0.4) is 0 Å². The molecule has 2 aromatic rings. The summed E-state index contributed by atoms with van der Waals surface area (Å²) in [7, 11) is 0. The molecule has 90 valence electrons. The molecule has 1 atom stereocenters. The summed E-state index contributed by atoms with van der Waals surface area (Å²) in [5.41, 5.74) is 1.32. The molecule has 1 aromatic carbocycles. The van der Waals surface area contributed by atoms with Gasteiger partial charge in [-0.15, -0.1) is 11.3 Å². The van der Waals surface area contributed by atoms with Gasteiger partial charge in [-0.3, -0.25) is 0 Å². The number of hydrogen-bond acceptors (Lipinski definition) is 1. The van der Waals surface area contributed by atoms with Gasteiger partial charge in [0.15, 0.2) is 0 Å². The Labute approximate surface area is 120 Å². The third-order valence-electron chi connectivity index (χ3n) is 3.03. The first-order valence-electron chi connectivity index (χ1n) is 5.46. The van der Waals surface area contributed by atoms with Crippen molar-refractivity contribution < 1.29 is 0 Å². The maximum atomic E-state index is 6.21. The molecular formula is C14H14BrClS. The van der Waals surface area contributed by atoms with Crippen LogP contribution in [0.1, 0.15) is 29.1 Å². The van der Waals surface area contributed by atoms with E-state index >= 15 is 0 Å². The maximum absolute atomic E-state index is 6.21. The molecule has 1 aromatic heterocycles. The molecule has 0 bridgehead atoms. The Hall–Kier alpha value is -0.310. The molecule has 0 fully saturated rings. The van der Waals surface area contributed by atoms with Crippen molar-refractivity contribution in [1.29, 1.82) is 0 Å². The second-order valence-electron chi connectivity index (χ2n) is 4.58. The number of halogens is 2. The van der Waals surface area contributed by atoms with Crippen LogP contribution in [-0.4, -0.2) is 0 Å². The minimum atomic E-state index is 0.00968. The van der Waals surface area contributed by atoms with Crippen LogP contribution in [0.15, 0.2) is 41.8 Å². The zero-order valence-corrected chi connectivity index (χ0v) is 12.9. The minimum absolute atomic E-state index is 0.00968. The van der Waals surface area contributed by atoms with Crippen LogP contribution in [0.2, 0.25) is 5.02 Å². The number of thiophene rings is 1. The highest BCUT2D eigenvalue weighted by atomic mass is 79.9. The molecule has 0 saturated heterocycles. The van der Waals surface area contributed by atoms with E-state index in [1.165, 1.54) is 10.4 Å². The van der Waals surface area contributed by atoms with Crippen LogP contribution in [0.5, 0.6) is 0 Å². The van der Waals surface area contributed by atoms with Crippen LogP contribution in [0.25, 0.3) is 0 Å². The van der Waals surface area contributed by atoms with Crippen LogP contribution >= 0.6 is 38.9 Å². The van der Waals surface area contributed by atoms with Crippen LogP contribution in [0, 0.1) is 0 Å². The van der Waals surface area contributed by atoms with E-state index in [0.29, 0.717) is 0 Å². The van der Waals surface area contributed by atoms with E-state index in [2.05, 4.69) is 54.0 Å². The molecule has 0 aliphatic heterocycles. The summed E-state index contributed by atoms with van der Waals surface area (Å²) < 4.78 is 0. The Morgan fingerprint density at radius 1 is 1.18 bits per heavy atom. The van der Waals surface area contributed by atoms with E-state index in [1.54, 1.807) is 11.3 Å². The predicted molar refractivity (Wildman–Crippen MR) is 80.5 cm³/mol. The van der Waals surface area contributed by atoms with Crippen molar-refractivity contribution in [3.63, 3.8) is 0 Å². The Kier molecular flexibility index (Phi) is 3.96. The Morgan fingerprint density at radius 2 is 1.82 bits per heavy atom. The number of rotatable bonds is 3. The minimum Gasteiger partial charge on any atom is -0.146 e. The predicted octanol–water partition coefficient (Wildman–Crippen LogP) is 5.82. The fourth-order valence-corrected chi connectivity index (χ4v) is 4.12. The number of alkyl halides is 1. The largest absolute Gasteiger partial charge is 0.146 e. The average Bonchev–Trinajstić information content (AvgIpc) is 2.75. The lowest BCUT2D eigenvalue weighted by Gasteiger charge is -2.30. The highest BCUT2D eigenvalue weighted by Crippen LogP contribution is 2.46. The lowest BCUT2D eigenvalue weighted by atomic mass is 9.81. The molecule has 2 rings (SSSR count). The smallest absolute Gasteiger partial charge is 0.0595 e. The van der Waals surface area contributed by atoms with Crippen molar-refractivity contribution in [3.05, 3.63) is 57.2 Å². The summed E-state index contributed by atoms with van der Waals surface area (Å²) in [5, 5.41) is 2.88. The topological polar surface area (TPSA) is 0 Å². The summed E-state index contributed by atoms with van der Waals surface area (Å²) in [5.74, 6) is 0. The van der Waals surface area contributed by atoms with Crippen molar-refractivity contribution in [2.45, 2.75) is 24.1 Å². The summed E-state index contributed by atoms with van der Waals surface area (Å²) in [6.45, 7) is 4.47. The van der Waals surface area contributed by atoms with Gasteiger partial charge in [0.05, 0.1) is 9.85 Å². The van der Waals surface area contributed by atoms with Crippen molar-refractivity contribution in [1.82, 2.24) is 0 Å². The fourth-order valence-electron chi connectivity index (χ4n) is 1.83. The van der Waals surface area contributed by atoms with Gasteiger partial charge in [0.1, 0.15) is 0 Å². The quantitative estimate of drug-likeness (QED) is 0.623. The van der Waals surface area contributed by atoms with Crippen molar-refractivity contribution in [2.24, 2.45) is 0 Å². The molecular weight excluding hydrogens is 316 g/mol. The molecule has 1 unspecified atom stereocenters. The van der Waals surface area contributed by atoms with Gasteiger partial charge < -0.3 is 0 Å². The highest BCUT2D eigenvalue weighted by Gasteiger charge is 2.32. The molecule has 1 heterocycles. The lowest BCUT2D eigenvalue weighted by Crippen LogP contribution is -2.22. The van der Waals surface area contributed by atoms with Gasteiger partial charge in [0.2, 0.25) is 0 Å². The third kappa shape index (κ3) is 2.59. The first-order valence-corrected chi connectivity index (χ1v) is 7.63. The van der Waals surface area contributed by atoms with Crippen molar-refractivity contribution in [2.75, 3.05) is 0 Å². The molecule has 0 spiro atoms. The molecule has 0 N–H and O–H groups in total. The number of hydrogen-bond donors (Lipinski definition) is 0. The average molecular weight is 330 g/mol. The van der Waals surface area contributed by atoms with Gasteiger partial charge in [-0.1, -0.05) is 71.7 Å². The Bertz CT molecular complexity index is 490. The first-order chi connectivity index (χ1) is 8.03. The Balaban J connectivity index is 2.37. The third-order valence-corrected chi connectivity index (χ3v) is 6.36. The molecule has 0 nitrogen and oxygen atoms in total. The normalized spacial score (nSPS) is 13.6. The zero-order chi connectivity index (χ0) is 12.5. The van der Waals surface area contributed by atoms with E-state index in [9.17, 15) is 0 Å². The SMILES string of the molecule is CC(C)(c1ccccc1)C(Br)c1sccc1Cl. The van der Waals surface area contributed by atoms with Gasteiger partial charge in [0.25, 0.3) is 0 Å². The van der Waals surface area contributed by atoms with E-state index < -0.39 is 0 Å². The van der Waals surface area contributed by atoms with E-state index in [1.807, 2.05) is 17.5 Å². The van der Waals surface area contributed by atoms with Gasteiger partial charge in [-0.05, 0) is 17.0 Å². The van der Waals surface area contributed by atoms with Crippen molar-refractivity contribution in [3.8, 4) is 0 Å². The summed E-state index contributed by atoms with van der Waals surface area (Å²) in [6.07, 6.45) is 0.